The van der Waals surface area contributed by atoms with Crippen molar-refractivity contribution in [2.45, 2.75) is 64.1 Å². The zero-order valence-corrected chi connectivity index (χ0v) is 23.8. The molecule has 208 valence electrons. The summed E-state index contributed by atoms with van der Waals surface area (Å²) >= 11 is -1.83. The van der Waals surface area contributed by atoms with Gasteiger partial charge in [-0.2, -0.15) is 4.21 Å². The van der Waals surface area contributed by atoms with E-state index in [4.69, 9.17) is 24.3 Å². The van der Waals surface area contributed by atoms with Gasteiger partial charge in [-0.05, 0) is 53.8 Å². The predicted molar refractivity (Wildman–Crippen MR) is 155 cm³/mol. The Morgan fingerprint density at radius 1 is 1.00 bits per heavy atom. The third-order valence-corrected chi connectivity index (χ3v) is 6.96. The Morgan fingerprint density at radius 3 is 2.33 bits per heavy atom. The fraction of sp³-hybridized carbons (Fsp3) is 0.387. The van der Waals surface area contributed by atoms with Gasteiger partial charge >= 0.3 is 17.5 Å². The van der Waals surface area contributed by atoms with Crippen LogP contribution in [0.2, 0.25) is 0 Å². The van der Waals surface area contributed by atoms with Gasteiger partial charge in [0.25, 0.3) is 0 Å². The molecule has 0 radical (unpaired) electrons. The van der Waals surface area contributed by atoms with E-state index < -0.39 is 17.5 Å². The third kappa shape index (κ3) is 9.39. The van der Waals surface area contributed by atoms with Crippen LogP contribution in [0.15, 0.2) is 66.7 Å². The summed E-state index contributed by atoms with van der Waals surface area (Å²) in [6.07, 6.45) is 8.04. The molecule has 3 atom stereocenters. The third-order valence-electron chi connectivity index (χ3n) is 6.25. The molecule has 0 spiro atoms. The van der Waals surface area contributed by atoms with Crippen LogP contribution in [0.4, 0.5) is 4.79 Å². The molecule has 7 nitrogen and oxygen atoms in total. The number of benzene rings is 3. The van der Waals surface area contributed by atoms with Crippen molar-refractivity contribution in [2.75, 3.05) is 13.7 Å². The maximum Gasteiger partial charge on any atom is 0.412 e. The molecule has 1 aliphatic rings. The number of terminal acetylenes is 1. The fourth-order valence-corrected chi connectivity index (χ4v) is 4.80. The van der Waals surface area contributed by atoms with Crippen molar-refractivity contribution in [3.05, 3.63) is 72.3 Å². The maximum atomic E-state index is 11.7. The monoisotopic (exact) mass is 551 g/mol. The topological polar surface area (TPSA) is 83.1 Å². The Morgan fingerprint density at radius 2 is 1.67 bits per heavy atom. The Balaban J connectivity index is 0.000000239. The van der Waals surface area contributed by atoms with Crippen LogP contribution in [0, 0.1) is 12.3 Å². The molecule has 3 aromatic rings. The largest absolute Gasteiger partial charge is 0.488 e. The van der Waals surface area contributed by atoms with Gasteiger partial charge in [0.15, 0.2) is 0 Å². The van der Waals surface area contributed by atoms with Crippen molar-refractivity contribution in [3.8, 4) is 23.8 Å². The van der Waals surface area contributed by atoms with Gasteiger partial charge in [-0.3, -0.25) is 8.37 Å². The number of fused-ring (bicyclic) bond motifs is 1. The lowest BCUT2D eigenvalue weighted by Crippen LogP contribution is -2.37. The molecule has 3 aromatic carbocycles. The van der Waals surface area contributed by atoms with E-state index in [-0.39, 0.29) is 24.2 Å². The average Bonchev–Trinajstić information content (AvgIpc) is 2.93. The van der Waals surface area contributed by atoms with Crippen LogP contribution in [0.25, 0.3) is 10.8 Å². The molecule has 3 unspecified atom stereocenters. The standard InChI is InChI=1S/C19H26O4S.C12H11NO2/c1-5-14-21-24(20)23-18-9-7-6-8-17(18)22-16-12-10-15(11-13-16)19(2,3)4;1-13-12(14)15-11-8-4-6-9-5-2-3-7-10(9)11/h1,10-13,17-18H,6-9,14H2,2-4H3;2-8H,1H3,(H,13,14). The number of hydrogen-bond donors (Lipinski definition) is 1. The molecule has 1 fully saturated rings. The molecule has 4 rings (SSSR count). The zero-order chi connectivity index (χ0) is 28.3. The first-order valence-corrected chi connectivity index (χ1v) is 14.0. The van der Waals surface area contributed by atoms with Crippen molar-refractivity contribution in [3.63, 3.8) is 0 Å². The minimum atomic E-state index is -1.83. The number of hydrogen-bond acceptors (Lipinski definition) is 6. The first kappa shape index (κ1) is 30.2. The van der Waals surface area contributed by atoms with Crippen LogP contribution < -0.4 is 14.8 Å². The van der Waals surface area contributed by atoms with E-state index in [1.54, 1.807) is 6.07 Å². The van der Waals surface area contributed by atoms with Crippen molar-refractivity contribution in [1.82, 2.24) is 5.32 Å². The molecule has 8 heteroatoms. The van der Waals surface area contributed by atoms with E-state index in [1.165, 1.54) is 12.6 Å². The highest BCUT2D eigenvalue weighted by atomic mass is 32.2. The summed E-state index contributed by atoms with van der Waals surface area (Å²) in [6, 6.07) is 21.5. The van der Waals surface area contributed by atoms with Gasteiger partial charge < -0.3 is 14.8 Å². The second-order valence-electron chi connectivity index (χ2n) is 10.1. The summed E-state index contributed by atoms with van der Waals surface area (Å²) in [5, 5.41) is 4.41. The van der Waals surface area contributed by atoms with Gasteiger partial charge in [-0.1, -0.05) is 81.6 Å². The number of carbonyl (C=O) groups excluding carboxylic acids is 1. The van der Waals surface area contributed by atoms with Crippen LogP contribution in [0.5, 0.6) is 11.5 Å². The number of rotatable bonds is 7. The lowest BCUT2D eigenvalue weighted by molar-refractivity contribution is 0.0239. The summed E-state index contributed by atoms with van der Waals surface area (Å²) in [6.45, 7) is 6.51. The number of carbonyl (C=O) groups is 1. The summed E-state index contributed by atoms with van der Waals surface area (Å²) in [5.74, 6) is 3.66. The van der Waals surface area contributed by atoms with Crippen molar-refractivity contribution in [1.29, 1.82) is 0 Å². The smallest absolute Gasteiger partial charge is 0.412 e. The molecule has 1 saturated carbocycles. The SMILES string of the molecule is C#CCOS(=O)OC1CCCCC1Oc1ccc(C(C)(C)C)cc1.CNC(=O)Oc1cccc2ccccc12. The lowest BCUT2D eigenvalue weighted by atomic mass is 9.87. The normalized spacial score (nSPS) is 17.7. The van der Waals surface area contributed by atoms with Gasteiger partial charge in [0, 0.05) is 12.4 Å². The molecule has 0 aliphatic heterocycles. The summed E-state index contributed by atoms with van der Waals surface area (Å²) in [5.41, 5.74) is 1.37. The highest BCUT2D eigenvalue weighted by molar-refractivity contribution is 7.75. The fourth-order valence-electron chi connectivity index (χ4n) is 4.16. The van der Waals surface area contributed by atoms with Crippen LogP contribution in [-0.4, -0.2) is 36.2 Å². The molecule has 0 bridgehead atoms. The van der Waals surface area contributed by atoms with E-state index in [2.05, 4.69) is 44.1 Å². The Bertz CT molecular complexity index is 1270. The van der Waals surface area contributed by atoms with Crippen molar-refractivity contribution < 1.29 is 26.8 Å². The van der Waals surface area contributed by atoms with Crippen LogP contribution in [-0.2, 0) is 25.1 Å². The van der Waals surface area contributed by atoms with E-state index >= 15 is 0 Å². The van der Waals surface area contributed by atoms with Gasteiger partial charge in [0.2, 0.25) is 0 Å². The molecule has 1 N–H and O–H groups in total. The quantitative estimate of drug-likeness (QED) is 0.339. The van der Waals surface area contributed by atoms with Crippen molar-refractivity contribution >= 4 is 28.2 Å². The number of ether oxygens (including phenoxy) is 2. The van der Waals surface area contributed by atoms with Crippen molar-refractivity contribution in [2.24, 2.45) is 0 Å². The minimum absolute atomic E-state index is 0.0287. The number of nitrogens with one attached hydrogen (secondary N) is 1. The second kappa shape index (κ2) is 14.7. The zero-order valence-electron chi connectivity index (χ0n) is 23.0. The molecule has 1 aliphatic carbocycles. The molecule has 0 aromatic heterocycles. The number of amides is 1. The Kier molecular flexibility index (Phi) is 11.4. The van der Waals surface area contributed by atoms with Crippen LogP contribution in [0.1, 0.15) is 52.0 Å². The van der Waals surface area contributed by atoms with Crippen LogP contribution >= 0.6 is 0 Å². The Labute approximate surface area is 234 Å². The minimum Gasteiger partial charge on any atom is -0.488 e. The first-order valence-electron chi connectivity index (χ1n) is 13.0. The molecular formula is C31H37NO6S. The van der Waals surface area contributed by atoms with Gasteiger partial charge in [-0.15, -0.1) is 6.42 Å². The maximum absolute atomic E-state index is 11.7. The average molecular weight is 552 g/mol. The first-order chi connectivity index (χ1) is 18.7. The molecule has 39 heavy (non-hydrogen) atoms. The van der Waals surface area contributed by atoms with Gasteiger partial charge in [0.05, 0.1) is 0 Å². The lowest BCUT2D eigenvalue weighted by Gasteiger charge is -2.30. The summed E-state index contributed by atoms with van der Waals surface area (Å²) < 4.78 is 33.3. The molecule has 0 heterocycles. The summed E-state index contributed by atoms with van der Waals surface area (Å²) in [7, 11) is 1.54. The molecule has 1 amide bonds. The van der Waals surface area contributed by atoms with E-state index in [0.29, 0.717) is 5.75 Å². The van der Waals surface area contributed by atoms with E-state index in [1.807, 2.05) is 48.5 Å². The highest BCUT2D eigenvalue weighted by Gasteiger charge is 2.30. The van der Waals surface area contributed by atoms with E-state index in [0.717, 1.165) is 42.2 Å². The Hall–Kier alpha value is -3.38. The van der Waals surface area contributed by atoms with Gasteiger partial charge in [0.1, 0.15) is 30.3 Å². The molecular weight excluding hydrogens is 514 g/mol. The second-order valence-corrected chi connectivity index (χ2v) is 11.0. The highest BCUT2D eigenvalue weighted by Crippen LogP contribution is 2.29. The summed E-state index contributed by atoms with van der Waals surface area (Å²) in [4.78, 5) is 11.1. The molecule has 0 saturated heterocycles. The van der Waals surface area contributed by atoms with Gasteiger partial charge in [-0.25, -0.2) is 4.79 Å². The van der Waals surface area contributed by atoms with Crippen LogP contribution in [0.3, 0.4) is 0 Å². The van der Waals surface area contributed by atoms with E-state index in [9.17, 15) is 9.00 Å². The predicted octanol–water partition coefficient (Wildman–Crippen LogP) is 6.48.